The van der Waals surface area contributed by atoms with E-state index in [1.54, 1.807) is 12.1 Å². The molecule has 0 bridgehead atoms. The second-order valence-electron chi connectivity index (χ2n) is 8.31. The van der Waals surface area contributed by atoms with Crippen LogP contribution in [0.5, 0.6) is 0 Å². The van der Waals surface area contributed by atoms with E-state index < -0.39 is 0 Å². The van der Waals surface area contributed by atoms with Gasteiger partial charge in [0, 0.05) is 36.4 Å². The van der Waals surface area contributed by atoms with Gasteiger partial charge in [0.15, 0.2) is 0 Å². The molecule has 0 saturated carbocycles. The minimum Gasteiger partial charge on any atom is -0.339 e. The number of benzene rings is 2. The maximum absolute atomic E-state index is 11.5. The number of para-hydroxylation sites is 1. The summed E-state index contributed by atoms with van der Waals surface area (Å²) < 4.78 is 2.56. The second-order valence-corrected chi connectivity index (χ2v) is 8.31. The molecule has 5 rings (SSSR count). The molecule has 0 radical (unpaired) electrons. The number of quaternary nitrogens is 1. The highest BCUT2D eigenvalue weighted by Gasteiger charge is 2.37. The third-order valence-electron chi connectivity index (χ3n) is 6.60. The van der Waals surface area contributed by atoms with E-state index >= 15 is 0 Å². The van der Waals surface area contributed by atoms with E-state index in [2.05, 4.69) is 29.7 Å². The number of rotatable bonds is 3. The summed E-state index contributed by atoms with van der Waals surface area (Å²) in [5, 5.41) is 12.9. The zero-order valence-electron chi connectivity index (χ0n) is 16.3. The van der Waals surface area contributed by atoms with Crippen LogP contribution >= 0.6 is 0 Å². The van der Waals surface area contributed by atoms with Crippen LogP contribution in [0.3, 0.4) is 0 Å². The lowest BCUT2D eigenvalue weighted by molar-refractivity contribution is -0.945. The Bertz CT molecular complexity index is 1070. The normalized spacial score (nSPS) is 21.3. The Morgan fingerprint density at radius 2 is 2.07 bits per heavy atom. The molecule has 5 heteroatoms. The predicted octanol–water partition coefficient (Wildman–Crippen LogP) is 3.72. The van der Waals surface area contributed by atoms with Crippen molar-refractivity contribution in [1.29, 1.82) is 0 Å². The van der Waals surface area contributed by atoms with Crippen molar-refractivity contribution >= 4 is 16.6 Å². The fourth-order valence-corrected chi connectivity index (χ4v) is 5.41. The molecule has 3 aromatic rings. The van der Waals surface area contributed by atoms with Gasteiger partial charge in [-0.25, -0.2) is 0 Å². The first-order chi connectivity index (χ1) is 13.6. The van der Waals surface area contributed by atoms with Crippen molar-refractivity contribution in [3.63, 3.8) is 0 Å². The molecule has 0 amide bonds. The quantitative estimate of drug-likeness (QED) is 0.559. The molecule has 2 aromatic carbocycles. The van der Waals surface area contributed by atoms with Gasteiger partial charge in [-0.2, -0.15) is 0 Å². The Morgan fingerprint density at radius 1 is 1.21 bits per heavy atom. The number of nitrogens with one attached hydrogen (secondary N) is 1. The van der Waals surface area contributed by atoms with Crippen LogP contribution in [0, 0.1) is 17.0 Å². The summed E-state index contributed by atoms with van der Waals surface area (Å²) in [6.07, 6.45) is 4.62. The maximum atomic E-state index is 11.5. The van der Waals surface area contributed by atoms with Gasteiger partial charge in [-0.05, 0) is 43.5 Å². The largest absolute Gasteiger partial charge is 0.339 e. The molecule has 1 unspecified atom stereocenters. The average Bonchev–Trinajstić information content (AvgIpc) is 2.88. The molecule has 1 aliphatic heterocycles. The van der Waals surface area contributed by atoms with Gasteiger partial charge >= 0.3 is 0 Å². The molecule has 5 nitrogen and oxygen atoms in total. The number of aryl methyl sites for hydroxylation is 3. The van der Waals surface area contributed by atoms with Gasteiger partial charge in [0.05, 0.1) is 22.7 Å². The van der Waals surface area contributed by atoms with Gasteiger partial charge in [-0.15, -0.1) is 0 Å². The maximum Gasteiger partial charge on any atom is 0.278 e. The van der Waals surface area contributed by atoms with E-state index in [0.717, 1.165) is 44.5 Å². The van der Waals surface area contributed by atoms with E-state index in [-0.39, 0.29) is 10.6 Å². The van der Waals surface area contributed by atoms with Crippen LogP contribution in [-0.4, -0.2) is 16.0 Å². The number of nitro groups is 1. The first-order valence-corrected chi connectivity index (χ1v) is 10.3. The zero-order chi connectivity index (χ0) is 19.3. The molecule has 2 atom stereocenters. The smallest absolute Gasteiger partial charge is 0.278 e. The number of nitro benzene ring substituents is 1. The van der Waals surface area contributed by atoms with Gasteiger partial charge in [0.1, 0.15) is 12.6 Å². The summed E-state index contributed by atoms with van der Waals surface area (Å²) in [6.45, 7) is 5.00. The van der Waals surface area contributed by atoms with Gasteiger partial charge in [0.2, 0.25) is 0 Å². The molecule has 0 spiro atoms. The fourth-order valence-electron chi connectivity index (χ4n) is 5.41. The molecule has 2 aliphatic rings. The van der Waals surface area contributed by atoms with Crippen LogP contribution < -0.4 is 4.90 Å². The Hall–Kier alpha value is -2.66. The van der Waals surface area contributed by atoms with Gasteiger partial charge in [-0.1, -0.05) is 23.8 Å². The number of aromatic nitrogens is 1. The minimum absolute atomic E-state index is 0.237. The average molecular weight is 376 g/mol. The van der Waals surface area contributed by atoms with E-state index in [4.69, 9.17) is 0 Å². The van der Waals surface area contributed by atoms with E-state index in [9.17, 15) is 10.1 Å². The van der Waals surface area contributed by atoms with E-state index in [1.807, 2.05) is 12.1 Å². The third kappa shape index (κ3) is 2.73. The van der Waals surface area contributed by atoms with Crippen LogP contribution in [0.4, 0.5) is 5.69 Å². The standard InChI is InChI=1S/C23H25N3O2/c1-16-10-11-21-19(14-16)18-7-4-9-22-23(18)25(21)13-5-12-24(22)15-17-6-2-3-8-20(17)26(27)28/h2-3,6,8,10-11,14,22H,4-5,7,9,12-13,15H2,1H3/p+1/t22-/m1/s1. The molecule has 1 aliphatic carbocycles. The zero-order valence-corrected chi connectivity index (χ0v) is 16.3. The molecule has 1 N–H and O–H groups in total. The van der Waals surface area contributed by atoms with Crippen molar-refractivity contribution in [3.8, 4) is 0 Å². The number of hydrogen-bond donors (Lipinski definition) is 1. The Labute approximate surface area is 164 Å². The summed E-state index contributed by atoms with van der Waals surface area (Å²) >= 11 is 0. The summed E-state index contributed by atoms with van der Waals surface area (Å²) in [4.78, 5) is 12.7. The molecule has 0 fully saturated rings. The second kappa shape index (κ2) is 6.74. The van der Waals surface area contributed by atoms with Crippen molar-refractivity contribution in [1.82, 2.24) is 4.57 Å². The molecular weight excluding hydrogens is 350 g/mol. The lowest BCUT2D eigenvalue weighted by atomic mass is 9.90. The first-order valence-electron chi connectivity index (χ1n) is 10.3. The van der Waals surface area contributed by atoms with Crippen LogP contribution in [-0.2, 0) is 19.5 Å². The van der Waals surface area contributed by atoms with Crippen LogP contribution in [0.1, 0.15) is 47.7 Å². The van der Waals surface area contributed by atoms with Crippen LogP contribution in [0.25, 0.3) is 10.9 Å². The molecule has 144 valence electrons. The Morgan fingerprint density at radius 3 is 2.93 bits per heavy atom. The summed E-state index contributed by atoms with van der Waals surface area (Å²) in [5.74, 6) is 0. The van der Waals surface area contributed by atoms with Crippen molar-refractivity contribution in [2.24, 2.45) is 0 Å². The highest BCUT2D eigenvalue weighted by atomic mass is 16.6. The Balaban J connectivity index is 1.59. The fraction of sp³-hybridized carbons (Fsp3) is 0.391. The highest BCUT2D eigenvalue weighted by Crippen LogP contribution is 2.37. The number of nitrogens with zero attached hydrogens (tertiary/aromatic N) is 2. The molecular formula is C23H26N3O2+. The molecule has 2 heterocycles. The Kier molecular flexibility index (Phi) is 4.20. The van der Waals surface area contributed by atoms with Crippen molar-refractivity contribution in [2.45, 2.75) is 51.7 Å². The number of hydrogen-bond acceptors (Lipinski definition) is 2. The molecule has 28 heavy (non-hydrogen) atoms. The molecule has 0 saturated heterocycles. The highest BCUT2D eigenvalue weighted by molar-refractivity contribution is 5.86. The summed E-state index contributed by atoms with van der Waals surface area (Å²) in [7, 11) is 0. The lowest BCUT2D eigenvalue weighted by Gasteiger charge is -2.30. The number of fused-ring (bicyclic) bond motifs is 3. The van der Waals surface area contributed by atoms with Gasteiger partial charge in [-0.3, -0.25) is 10.1 Å². The van der Waals surface area contributed by atoms with Crippen molar-refractivity contribution in [3.05, 3.63) is 75.0 Å². The predicted molar refractivity (Wildman–Crippen MR) is 110 cm³/mol. The summed E-state index contributed by atoms with van der Waals surface area (Å²) in [5.41, 5.74) is 6.82. The monoisotopic (exact) mass is 376 g/mol. The van der Waals surface area contributed by atoms with E-state index in [1.165, 1.54) is 39.0 Å². The van der Waals surface area contributed by atoms with Crippen molar-refractivity contribution < 1.29 is 9.82 Å². The van der Waals surface area contributed by atoms with E-state index in [0.29, 0.717) is 6.04 Å². The lowest BCUT2D eigenvalue weighted by Crippen LogP contribution is -3.11. The van der Waals surface area contributed by atoms with Crippen LogP contribution in [0.2, 0.25) is 0 Å². The van der Waals surface area contributed by atoms with Gasteiger partial charge in [0.25, 0.3) is 5.69 Å². The SMILES string of the molecule is Cc1ccc2c(c1)c1c3n2CCC[NH+](Cc2ccccc2[N+](=O)[O-])[C@@H]3CCC1. The summed E-state index contributed by atoms with van der Waals surface area (Å²) in [6, 6.07) is 14.5. The topological polar surface area (TPSA) is 52.5 Å². The third-order valence-corrected chi connectivity index (χ3v) is 6.60. The van der Waals surface area contributed by atoms with Gasteiger partial charge < -0.3 is 9.47 Å². The first kappa shape index (κ1) is 17.4. The van der Waals surface area contributed by atoms with Crippen LogP contribution in [0.15, 0.2) is 42.5 Å². The molecule has 1 aromatic heterocycles. The van der Waals surface area contributed by atoms with Crippen molar-refractivity contribution in [2.75, 3.05) is 6.54 Å². The minimum atomic E-state index is -0.237.